The third-order valence-electron chi connectivity index (χ3n) is 1.95. The topological polar surface area (TPSA) is 80.4 Å². The second-order valence-electron chi connectivity index (χ2n) is 4.06. The SMILES string of the molecule is CC(CO)CNc1snc(N)c1OC(C)C. The van der Waals surface area contributed by atoms with E-state index in [0.29, 0.717) is 18.1 Å². The maximum Gasteiger partial charge on any atom is 0.197 e. The summed E-state index contributed by atoms with van der Waals surface area (Å²) in [6, 6.07) is 0. The molecule has 0 bridgehead atoms. The Balaban J connectivity index is 2.65. The lowest BCUT2D eigenvalue weighted by Crippen LogP contribution is -2.15. The van der Waals surface area contributed by atoms with Crippen LogP contribution in [0.4, 0.5) is 10.8 Å². The van der Waals surface area contributed by atoms with Gasteiger partial charge in [-0.15, -0.1) is 0 Å². The van der Waals surface area contributed by atoms with E-state index < -0.39 is 0 Å². The highest BCUT2D eigenvalue weighted by Crippen LogP contribution is 2.35. The molecule has 16 heavy (non-hydrogen) atoms. The second kappa shape index (κ2) is 5.91. The van der Waals surface area contributed by atoms with Gasteiger partial charge < -0.3 is 20.9 Å². The van der Waals surface area contributed by atoms with E-state index in [2.05, 4.69) is 9.69 Å². The van der Waals surface area contributed by atoms with E-state index in [9.17, 15) is 0 Å². The van der Waals surface area contributed by atoms with Crippen molar-refractivity contribution in [3.63, 3.8) is 0 Å². The molecule has 6 heteroatoms. The minimum absolute atomic E-state index is 0.0644. The number of aliphatic hydroxyl groups is 1. The number of aliphatic hydroxyl groups excluding tert-OH is 1. The van der Waals surface area contributed by atoms with Crippen molar-refractivity contribution in [3.05, 3.63) is 0 Å². The van der Waals surface area contributed by atoms with Gasteiger partial charge in [-0.3, -0.25) is 0 Å². The fourth-order valence-corrected chi connectivity index (χ4v) is 1.74. The number of aromatic nitrogens is 1. The number of hydrogen-bond donors (Lipinski definition) is 3. The van der Waals surface area contributed by atoms with Crippen LogP contribution in [0.15, 0.2) is 0 Å². The first kappa shape index (κ1) is 13.1. The van der Waals surface area contributed by atoms with Crippen molar-refractivity contribution in [2.24, 2.45) is 5.92 Å². The summed E-state index contributed by atoms with van der Waals surface area (Å²) in [5.41, 5.74) is 5.71. The van der Waals surface area contributed by atoms with Crippen LogP contribution in [0.1, 0.15) is 20.8 Å². The predicted molar refractivity (Wildman–Crippen MR) is 67.0 cm³/mol. The Morgan fingerprint density at radius 3 is 2.75 bits per heavy atom. The highest BCUT2D eigenvalue weighted by atomic mass is 32.1. The summed E-state index contributed by atoms with van der Waals surface area (Å²) in [6.07, 6.45) is 0.0644. The number of rotatable bonds is 6. The molecule has 1 heterocycles. The minimum atomic E-state index is 0.0644. The summed E-state index contributed by atoms with van der Waals surface area (Å²) in [4.78, 5) is 0. The fourth-order valence-electron chi connectivity index (χ4n) is 1.09. The molecule has 0 aliphatic rings. The smallest absolute Gasteiger partial charge is 0.197 e. The molecule has 4 N–H and O–H groups in total. The van der Waals surface area contributed by atoms with E-state index in [1.807, 2.05) is 20.8 Å². The molecule has 92 valence electrons. The second-order valence-corrected chi connectivity index (χ2v) is 4.83. The Hall–Kier alpha value is -1.01. The van der Waals surface area contributed by atoms with Gasteiger partial charge in [-0.1, -0.05) is 6.92 Å². The molecule has 0 aromatic carbocycles. The van der Waals surface area contributed by atoms with E-state index in [1.54, 1.807) is 0 Å². The van der Waals surface area contributed by atoms with Crippen molar-refractivity contribution in [1.82, 2.24) is 4.37 Å². The molecule has 0 amide bonds. The molecule has 1 atom stereocenters. The first-order chi connectivity index (χ1) is 7.54. The van der Waals surface area contributed by atoms with Crippen molar-refractivity contribution in [3.8, 4) is 5.75 Å². The molecule has 0 radical (unpaired) electrons. The Bertz CT molecular complexity index is 328. The van der Waals surface area contributed by atoms with E-state index >= 15 is 0 Å². The van der Waals surface area contributed by atoms with Crippen molar-refractivity contribution in [2.75, 3.05) is 24.2 Å². The van der Waals surface area contributed by atoms with Crippen LogP contribution in [0.2, 0.25) is 0 Å². The number of nitrogen functional groups attached to an aromatic ring is 1. The van der Waals surface area contributed by atoms with Crippen LogP contribution in [0, 0.1) is 5.92 Å². The van der Waals surface area contributed by atoms with Crippen LogP contribution in [0.25, 0.3) is 0 Å². The number of nitrogens with two attached hydrogens (primary N) is 1. The predicted octanol–water partition coefficient (Wildman–Crippen LogP) is 1.55. The highest BCUT2D eigenvalue weighted by Gasteiger charge is 2.14. The van der Waals surface area contributed by atoms with Crippen molar-refractivity contribution >= 4 is 22.4 Å². The van der Waals surface area contributed by atoms with Gasteiger partial charge in [-0.25, -0.2) is 0 Å². The van der Waals surface area contributed by atoms with Gasteiger partial charge in [-0.05, 0) is 31.3 Å². The number of ether oxygens (including phenoxy) is 1. The van der Waals surface area contributed by atoms with Gasteiger partial charge in [0.1, 0.15) is 0 Å². The van der Waals surface area contributed by atoms with Crippen LogP contribution >= 0.6 is 11.5 Å². The number of hydrogen-bond acceptors (Lipinski definition) is 6. The first-order valence-electron chi connectivity index (χ1n) is 5.31. The quantitative estimate of drug-likeness (QED) is 0.708. The summed E-state index contributed by atoms with van der Waals surface area (Å²) in [5.74, 6) is 1.22. The highest BCUT2D eigenvalue weighted by molar-refractivity contribution is 7.11. The molecule has 0 saturated heterocycles. The van der Waals surface area contributed by atoms with E-state index in [0.717, 1.165) is 5.00 Å². The Labute approximate surface area is 99.8 Å². The molecule has 1 aromatic heterocycles. The summed E-state index contributed by atoms with van der Waals surface area (Å²) in [7, 11) is 0. The van der Waals surface area contributed by atoms with Gasteiger partial charge >= 0.3 is 0 Å². The molecule has 0 aliphatic carbocycles. The normalized spacial score (nSPS) is 12.8. The molecule has 0 aliphatic heterocycles. The molecule has 1 rings (SSSR count). The fraction of sp³-hybridized carbons (Fsp3) is 0.700. The largest absolute Gasteiger partial charge is 0.484 e. The summed E-state index contributed by atoms with van der Waals surface area (Å²) in [5, 5.41) is 12.9. The summed E-state index contributed by atoms with van der Waals surface area (Å²) < 4.78 is 9.62. The average molecular weight is 245 g/mol. The van der Waals surface area contributed by atoms with Crippen molar-refractivity contribution in [2.45, 2.75) is 26.9 Å². The zero-order chi connectivity index (χ0) is 12.1. The summed E-state index contributed by atoms with van der Waals surface area (Å²) in [6.45, 7) is 6.67. The van der Waals surface area contributed by atoms with Crippen molar-refractivity contribution in [1.29, 1.82) is 0 Å². The molecular weight excluding hydrogens is 226 g/mol. The minimum Gasteiger partial charge on any atom is -0.484 e. The summed E-state index contributed by atoms with van der Waals surface area (Å²) >= 11 is 1.28. The monoisotopic (exact) mass is 245 g/mol. The van der Waals surface area contributed by atoms with Gasteiger partial charge in [0.25, 0.3) is 0 Å². The van der Waals surface area contributed by atoms with Crippen LogP contribution < -0.4 is 15.8 Å². The molecule has 1 aromatic rings. The number of anilines is 2. The van der Waals surface area contributed by atoms with Crippen LogP contribution in [0.5, 0.6) is 5.75 Å². The van der Waals surface area contributed by atoms with Gasteiger partial charge in [0, 0.05) is 13.2 Å². The van der Waals surface area contributed by atoms with E-state index in [4.69, 9.17) is 15.6 Å². The molecule has 5 nitrogen and oxygen atoms in total. The maximum atomic E-state index is 8.92. The van der Waals surface area contributed by atoms with Crippen LogP contribution in [-0.4, -0.2) is 28.7 Å². The Morgan fingerprint density at radius 1 is 1.50 bits per heavy atom. The average Bonchev–Trinajstić information content (AvgIpc) is 2.56. The molecule has 0 spiro atoms. The number of nitrogens with zero attached hydrogens (tertiary/aromatic N) is 1. The standard InChI is InChI=1S/C10H19N3O2S/c1-6(2)15-8-9(11)13-16-10(8)12-4-7(3)5-14/h6-7,12,14H,4-5H2,1-3H3,(H2,11,13). The molecule has 1 unspecified atom stereocenters. The third-order valence-corrected chi connectivity index (χ3v) is 2.75. The van der Waals surface area contributed by atoms with Gasteiger partial charge in [-0.2, -0.15) is 4.37 Å². The Kier molecular flexibility index (Phi) is 4.82. The van der Waals surface area contributed by atoms with E-state index in [-0.39, 0.29) is 18.6 Å². The lowest BCUT2D eigenvalue weighted by atomic mass is 10.2. The van der Waals surface area contributed by atoms with Crippen LogP contribution in [-0.2, 0) is 0 Å². The maximum absolute atomic E-state index is 8.92. The van der Waals surface area contributed by atoms with Gasteiger partial charge in [0.2, 0.25) is 0 Å². The van der Waals surface area contributed by atoms with E-state index in [1.165, 1.54) is 11.5 Å². The number of nitrogens with one attached hydrogen (secondary N) is 1. The first-order valence-corrected chi connectivity index (χ1v) is 6.08. The zero-order valence-corrected chi connectivity index (χ0v) is 10.7. The molecular formula is C10H19N3O2S. The van der Waals surface area contributed by atoms with Crippen molar-refractivity contribution < 1.29 is 9.84 Å². The zero-order valence-electron chi connectivity index (χ0n) is 9.86. The lowest BCUT2D eigenvalue weighted by Gasteiger charge is -2.13. The molecule has 0 saturated carbocycles. The molecule has 0 fully saturated rings. The lowest BCUT2D eigenvalue weighted by molar-refractivity contribution is 0.241. The van der Waals surface area contributed by atoms with Gasteiger partial charge in [0.05, 0.1) is 6.10 Å². The van der Waals surface area contributed by atoms with Gasteiger partial charge in [0.15, 0.2) is 16.6 Å². The Morgan fingerprint density at radius 2 is 2.19 bits per heavy atom. The third kappa shape index (κ3) is 3.53. The van der Waals surface area contributed by atoms with Crippen LogP contribution in [0.3, 0.4) is 0 Å².